The molecule has 8 heteroatoms. The molecule has 2 heterocycles. The molecule has 2 aliphatic heterocycles. The fraction of sp³-hybridized carbons (Fsp3) is 0.310. The van der Waals surface area contributed by atoms with Crippen molar-refractivity contribution in [2.45, 2.75) is 43.7 Å². The second kappa shape index (κ2) is 9.52. The molecule has 3 aromatic rings. The predicted octanol–water partition coefficient (Wildman–Crippen LogP) is 5.82. The van der Waals surface area contributed by atoms with E-state index in [1.165, 1.54) is 4.90 Å². The summed E-state index contributed by atoms with van der Waals surface area (Å²) >= 11 is 0. The quantitative estimate of drug-likeness (QED) is 0.243. The number of hydrogen-bond acceptors (Lipinski definition) is 4. The van der Waals surface area contributed by atoms with E-state index in [-0.39, 0.29) is 18.9 Å². The molecule has 2 amide bonds. The third-order valence-corrected chi connectivity index (χ3v) is 10.2. The molecule has 192 valence electrons. The van der Waals surface area contributed by atoms with Gasteiger partial charge in [0.25, 0.3) is 5.91 Å². The van der Waals surface area contributed by atoms with Crippen LogP contribution in [0, 0.1) is 5.92 Å². The number of fused-ring (bicyclic) bond motifs is 2. The zero-order valence-electron chi connectivity index (χ0n) is 21.2. The zero-order valence-corrected chi connectivity index (χ0v) is 22.2. The summed E-state index contributed by atoms with van der Waals surface area (Å²) < 4.78 is 22.4. The number of anilines is 4. The highest BCUT2D eigenvalue weighted by Gasteiger charge is 2.66. The summed E-state index contributed by atoms with van der Waals surface area (Å²) in [5.41, 5.74) is 1.27. The number of carbonyl (C=O) groups is 2. The van der Waals surface area contributed by atoms with Gasteiger partial charge in [-0.1, -0.05) is 43.3 Å². The number of aliphatic hydroxyl groups is 1. The van der Waals surface area contributed by atoms with Gasteiger partial charge < -0.3 is 14.0 Å². The van der Waals surface area contributed by atoms with E-state index < -0.39 is 31.6 Å². The molecule has 0 aliphatic carbocycles. The lowest BCUT2D eigenvalue weighted by Crippen LogP contribution is -2.44. The van der Waals surface area contributed by atoms with Crippen LogP contribution in [0.5, 0.6) is 0 Å². The van der Waals surface area contributed by atoms with Gasteiger partial charge in [-0.15, -0.1) is 0 Å². The first-order chi connectivity index (χ1) is 17.7. The van der Waals surface area contributed by atoms with Gasteiger partial charge in [-0.05, 0) is 62.0 Å². The van der Waals surface area contributed by atoms with Crippen molar-refractivity contribution in [2.75, 3.05) is 16.4 Å². The van der Waals surface area contributed by atoms with Crippen LogP contribution in [-0.4, -0.2) is 38.5 Å². The molecule has 3 aromatic carbocycles. The first kappa shape index (κ1) is 25.3. The van der Waals surface area contributed by atoms with E-state index in [1.54, 1.807) is 24.1 Å². The molecule has 4 atom stereocenters. The van der Waals surface area contributed by atoms with Crippen LogP contribution >= 0.6 is 0 Å². The number of amides is 2. The molecule has 0 saturated carbocycles. The Morgan fingerprint density at radius 3 is 2.30 bits per heavy atom. The lowest BCUT2D eigenvalue weighted by molar-refractivity contribution is -0.145. The predicted molar refractivity (Wildman–Crippen MR) is 144 cm³/mol. The van der Waals surface area contributed by atoms with E-state index in [0.717, 1.165) is 6.41 Å². The number of nitrogens with zero attached hydrogens (tertiary/aromatic N) is 2. The first-order valence-corrected chi connectivity index (χ1v) is 15.5. The van der Waals surface area contributed by atoms with Gasteiger partial charge in [0.1, 0.15) is 0 Å². The van der Waals surface area contributed by atoms with E-state index in [1.807, 2.05) is 79.7 Å². The monoisotopic (exact) mass is 518 g/mol. The maximum atomic E-state index is 15.8. The van der Waals surface area contributed by atoms with Gasteiger partial charge in [0, 0.05) is 40.7 Å². The Kier molecular flexibility index (Phi) is 6.51. The second-order valence-corrected chi connectivity index (χ2v) is 14.1. The highest BCUT2D eigenvalue weighted by atomic mass is 28.4. The Morgan fingerprint density at radius 2 is 1.70 bits per heavy atom. The fourth-order valence-corrected chi connectivity index (χ4v) is 8.74. The van der Waals surface area contributed by atoms with Crippen LogP contribution in [0.15, 0.2) is 78.9 Å². The Labute approximate surface area is 217 Å². The summed E-state index contributed by atoms with van der Waals surface area (Å²) in [7, 11) is -3.30. The highest BCUT2D eigenvalue weighted by Crippen LogP contribution is 2.61. The molecular weight excluding hydrogens is 487 g/mol. The molecule has 0 radical (unpaired) electrons. The third kappa shape index (κ3) is 4.00. The standard InChI is InChI=1S/C29H31FN2O4Si/c1-20-27(37(2,3)30)26(16-17-33)36-29(20)24-18-23(31(19-34)21-10-6-4-7-11-21)14-15-25(24)32(28(29)35)22-12-8-5-9-13-22/h4-15,18-20,26-27,33H,16-17H2,1-3H3/t20-,26+,27-,29+/m0/s1. The average Bonchev–Trinajstić information content (AvgIpc) is 3.32. The van der Waals surface area contributed by atoms with Crippen LogP contribution in [-0.2, 0) is 19.9 Å². The largest absolute Gasteiger partial charge is 0.396 e. The minimum Gasteiger partial charge on any atom is -0.396 e. The van der Waals surface area contributed by atoms with Crippen molar-refractivity contribution in [2.24, 2.45) is 5.92 Å². The number of carbonyl (C=O) groups excluding carboxylic acids is 2. The summed E-state index contributed by atoms with van der Waals surface area (Å²) in [4.78, 5) is 29.7. The van der Waals surface area contributed by atoms with Crippen molar-refractivity contribution in [1.29, 1.82) is 0 Å². The van der Waals surface area contributed by atoms with Gasteiger partial charge in [-0.3, -0.25) is 19.4 Å². The van der Waals surface area contributed by atoms with Crippen LogP contribution in [0.25, 0.3) is 0 Å². The van der Waals surface area contributed by atoms with Gasteiger partial charge in [-0.25, -0.2) is 0 Å². The van der Waals surface area contributed by atoms with E-state index in [9.17, 15) is 14.7 Å². The first-order valence-electron chi connectivity index (χ1n) is 12.6. The number of hydrogen-bond donors (Lipinski definition) is 1. The molecule has 0 aromatic heterocycles. The Morgan fingerprint density at radius 1 is 1.05 bits per heavy atom. The van der Waals surface area contributed by atoms with Gasteiger partial charge in [0.05, 0.1) is 11.8 Å². The van der Waals surface area contributed by atoms with Crippen molar-refractivity contribution in [3.05, 3.63) is 84.4 Å². The van der Waals surface area contributed by atoms with Crippen LogP contribution < -0.4 is 9.80 Å². The number of benzene rings is 3. The lowest BCUT2D eigenvalue weighted by atomic mass is 9.82. The minimum atomic E-state index is -3.30. The third-order valence-electron chi connectivity index (χ3n) is 7.70. The van der Waals surface area contributed by atoms with Crippen LogP contribution in [0.2, 0.25) is 18.6 Å². The molecule has 6 nitrogen and oxygen atoms in total. The Hall–Kier alpha value is -3.33. The highest BCUT2D eigenvalue weighted by molar-refractivity contribution is 6.72. The maximum Gasteiger partial charge on any atom is 0.268 e. The summed E-state index contributed by atoms with van der Waals surface area (Å²) in [5, 5.41) is 9.77. The number of para-hydroxylation sites is 2. The van der Waals surface area contributed by atoms with Crippen molar-refractivity contribution >= 4 is 43.5 Å². The summed E-state index contributed by atoms with van der Waals surface area (Å²) in [5.74, 6) is -0.758. The smallest absolute Gasteiger partial charge is 0.268 e. The SMILES string of the molecule is C[C@H]1[C@H]([Si](C)(C)F)[C@@H](CCO)O[C@]12C(=O)N(c1ccccc1)c1ccc(N(C=O)c3ccccc3)cc12. The molecule has 2 aliphatic rings. The van der Waals surface area contributed by atoms with E-state index in [0.29, 0.717) is 28.3 Å². The fourth-order valence-electron chi connectivity index (χ4n) is 6.20. The van der Waals surface area contributed by atoms with Gasteiger partial charge in [0.15, 0.2) is 5.60 Å². The Bertz CT molecular complexity index is 1300. The molecular formula is C29H31FN2O4Si. The van der Waals surface area contributed by atoms with E-state index in [4.69, 9.17) is 4.74 Å². The minimum absolute atomic E-state index is 0.162. The molecule has 0 bridgehead atoms. The van der Waals surface area contributed by atoms with Crippen LogP contribution in [0.1, 0.15) is 18.9 Å². The number of rotatable bonds is 7. The normalized spacial score (nSPS) is 24.9. The summed E-state index contributed by atoms with van der Waals surface area (Å²) in [6.07, 6.45) is 0.387. The van der Waals surface area contributed by atoms with Crippen molar-refractivity contribution < 1.29 is 23.5 Å². The molecule has 1 fully saturated rings. The van der Waals surface area contributed by atoms with Gasteiger partial charge >= 0.3 is 0 Å². The summed E-state index contributed by atoms with van der Waals surface area (Å²) in [6, 6.07) is 24.0. The van der Waals surface area contributed by atoms with Crippen molar-refractivity contribution in [1.82, 2.24) is 0 Å². The molecule has 1 spiro atoms. The molecule has 1 N–H and O–H groups in total. The van der Waals surface area contributed by atoms with Crippen LogP contribution in [0.3, 0.4) is 0 Å². The average molecular weight is 519 g/mol. The second-order valence-electron chi connectivity index (χ2n) is 10.3. The van der Waals surface area contributed by atoms with Crippen molar-refractivity contribution in [3.8, 4) is 0 Å². The number of halogens is 1. The molecule has 0 unspecified atom stereocenters. The topological polar surface area (TPSA) is 70.1 Å². The van der Waals surface area contributed by atoms with Crippen molar-refractivity contribution in [3.63, 3.8) is 0 Å². The molecule has 5 rings (SSSR count). The van der Waals surface area contributed by atoms with Crippen LogP contribution in [0.4, 0.5) is 26.9 Å². The Balaban J connectivity index is 1.72. The zero-order chi connectivity index (χ0) is 26.4. The number of ether oxygens (including phenoxy) is 1. The van der Waals surface area contributed by atoms with Gasteiger partial charge in [-0.2, -0.15) is 0 Å². The molecule has 1 saturated heterocycles. The lowest BCUT2D eigenvalue weighted by Gasteiger charge is -2.31. The number of aliphatic hydroxyl groups excluding tert-OH is 1. The maximum absolute atomic E-state index is 15.8. The summed E-state index contributed by atoms with van der Waals surface area (Å²) in [6.45, 7) is 4.99. The molecule has 37 heavy (non-hydrogen) atoms. The van der Waals surface area contributed by atoms with Gasteiger partial charge in [0.2, 0.25) is 14.8 Å². The van der Waals surface area contributed by atoms with E-state index in [2.05, 4.69) is 0 Å². The van der Waals surface area contributed by atoms with E-state index >= 15 is 4.11 Å².